The van der Waals surface area contributed by atoms with Crippen molar-refractivity contribution in [2.24, 2.45) is 0 Å². The van der Waals surface area contributed by atoms with Gasteiger partial charge < -0.3 is 14.9 Å². The van der Waals surface area contributed by atoms with Gasteiger partial charge in [-0.05, 0) is 13.0 Å². The monoisotopic (exact) mass is 246 g/mol. The first kappa shape index (κ1) is 10.2. The molecule has 0 heterocycles. The van der Waals surface area contributed by atoms with Gasteiger partial charge in [-0.15, -0.1) is 0 Å². The third-order valence-corrected chi connectivity index (χ3v) is 2.19. The molecule has 0 amide bonds. The maximum atomic E-state index is 9.58. The van der Waals surface area contributed by atoms with E-state index in [0.29, 0.717) is 23.2 Å². The number of aromatic hydroxyl groups is 2. The lowest BCUT2D eigenvalue weighted by Gasteiger charge is -2.09. The van der Waals surface area contributed by atoms with E-state index in [4.69, 9.17) is 4.74 Å². The van der Waals surface area contributed by atoms with E-state index < -0.39 is 0 Å². The van der Waals surface area contributed by atoms with Crippen LogP contribution in [0.2, 0.25) is 0 Å². The fourth-order valence-electron chi connectivity index (χ4n) is 1.02. The number of hydrogen-bond donors (Lipinski definition) is 2. The SMILES string of the molecule is CCOc1cc(O)cc(CBr)c1O. The summed E-state index contributed by atoms with van der Waals surface area (Å²) in [6.07, 6.45) is 0. The molecule has 0 radical (unpaired) electrons. The van der Waals surface area contributed by atoms with Crippen LogP contribution in [-0.4, -0.2) is 16.8 Å². The van der Waals surface area contributed by atoms with Crippen molar-refractivity contribution >= 4 is 15.9 Å². The largest absolute Gasteiger partial charge is 0.508 e. The van der Waals surface area contributed by atoms with Crippen molar-refractivity contribution < 1.29 is 14.9 Å². The highest BCUT2D eigenvalue weighted by Gasteiger charge is 2.09. The Morgan fingerprint density at radius 2 is 2.08 bits per heavy atom. The average Bonchev–Trinajstić information content (AvgIpc) is 2.11. The number of benzene rings is 1. The fourth-order valence-corrected chi connectivity index (χ4v) is 1.44. The van der Waals surface area contributed by atoms with Crippen LogP contribution in [-0.2, 0) is 5.33 Å². The maximum Gasteiger partial charge on any atom is 0.164 e. The van der Waals surface area contributed by atoms with Gasteiger partial charge in [0.25, 0.3) is 0 Å². The van der Waals surface area contributed by atoms with Gasteiger partial charge >= 0.3 is 0 Å². The van der Waals surface area contributed by atoms with Crippen molar-refractivity contribution in [2.75, 3.05) is 6.61 Å². The molecule has 0 aliphatic rings. The van der Waals surface area contributed by atoms with Crippen LogP contribution < -0.4 is 4.74 Å². The van der Waals surface area contributed by atoms with Crippen LogP contribution in [0.5, 0.6) is 17.2 Å². The zero-order chi connectivity index (χ0) is 9.84. The minimum Gasteiger partial charge on any atom is -0.508 e. The number of hydrogen-bond acceptors (Lipinski definition) is 3. The van der Waals surface area contributed by atoms with Gasteiger partial charge in [0, 0.05) is 17.0 Å². The molecule has 0 atom stereocenters. The summed E-state index contributed by atoms with van der Waals surface area (Å²) >= 11 is 3.20. The molecule has 3 nitrogen and oxygen atoms in total. The van der Waals surface area contributed by atoms with E-state index in [9.17, 15) is 10.2 Å². The van der Waals surface area contributed by atoms with Gasteiger partial charge in [0.15, 0.2) is 11.5 Å². The van der Waals surface area contributed by atoms with Crippen molar-refractivity contribution in [3.63, 3.8) is 0 Å². The quantitative estimate of drug-likeness (QED) is 0.636. The van der Waals surface area contributed by atoms with E-state index in [1.807, 2.05) is 6.92 Å². The number of phenolic OH excluding ortho intramolecular Hbond substituents is 2. The van der Waals surface area contributed by atoms with Crippen LogP contribution in [0.25, 0.3) is 0 Å². The third-order valence-electron chi connectivity index (χ3n) is 1.58. The van der Waals surface area contributed by atoms with Crippen LogP contribution in [0, 0.1) is 0 Å². The molecule has 0 bridgehead atoms. The zero-order valence-corrected chi connectivity index (χ0v) is 8.84. The molecule has 72 valence electrons. The second kappa shape index (κ2) is 4.37. The van der Waals surface area contributed by atoms with Crippen molar-refractivity contribution in [2.45, 2.75) is 12.3 Å². The zero-order valence-electron chi connectivity index (χ0n) is 7.25. The predicted octanol–water partition coefficient (Wildman–Crippen LogP) is 2.39. The Labute approximate surface area is 85.1 Å². The highest BCUT2D eigenvalue weighted by atomic mass is 79.9. The molecule has 0 unspecified atom stereocenters. The molecular formula is C9H11BrO3. The molecule has 0 spiro atoms. The molecule has 1 rings (SSSR count). The Bertz CT molecular complexity index is 299. The summed E-state index contributed by atoms with van der Waals surface area (Å²) in [5, 5.41) is 19.3. The first-order valence-corrected chi connectivity index (χ1v) is 5.04. The minimum atomic E-state index is 0.0801. The summed E-state index contributed by atoms with van der Waals surface area (Å²) in [6.45, 7) is 2.27. The van der Waals surface area contributed by atoms with E-state index in [0.717, 1.165) is 0 Å². The van der Waals surface area contributed by atoms with Crippen LogP contribution in [0.1, 0.15) is 12.5 Å². The van der Waals surface area contributed by atoms with Gasteiger partial charge in [-0.1, -0.05) is 15.9 Å². The molecule has 0 saturated heterocycles. The standard InChI is InChI=1S/C9H11BrO3/c1-2-13-8-4-7(11)3-6(5-10)9(8)12/h3-4,11-12H,2,5H2,1H3. The van der Waals surface area contributed by atoms with Crippen LogP contribution in [0.15, 0.2) is 12.1 Å². The Morgan fingerprint density at radius 1 is 1.38 bits per heavy atom. The third kappa shape index (κ3) is 2.28. The van der Waals surface area contributed by atoms with E-state index in [-0.39, 0.29) is 11.5 Å². The van der Waals surface area contributed by atoms with E-state index in [1.165, 1.54) is 12.1 Å². The second-order valence-electron chi connectivity index (χ2n) is 2.52. The molecule has 1 aromatic carbocycles. The highest BCUT2D eigenvalue weighted by molar-refractivity contribution is 9.08. The van der Waals surface area contributed by atoms with Crippen molar-refractivity contribution in [3.8, 4) is 17.2 Å². The fraction of sp³-hybridized carbons (Fsp3) is 0.333. The van der Waals surface area contributed by atoms with E-state index in [1.54, 1.807) is 0 Å². The molecule has 0 aliphatic carbocycles. The molecule has 4 heteroatoms. The Balaban J connectivity index is 3.11. The number of alkyl halides is 1. The Morgan fingerprint density at radius 3 is 2.62 bits per heavy atom. The number of rotatable bonds is 3. The number of phenols is 2. The molecule has 2 N–H and O–H groups in total. The van der Waals surface area contributed by atoms with Gasteiger partial charge in [0.1, 0.15) is 5.75 Å². The first-order valence-electron chi connectivity index (χ1n) is 3.92. The molecule has 13 heavy (non-hydrogen) atoms. The lowest BCUT2D eigenvalue weighted by molar-refractivity contribution is 0.314. The summed E-state index contributed by atoms with van der Waals surface area (Å²) in [6, 6.07) is 2.89. The summed E-state index contributed by atoms with van der Waals surface area (Å²) in [5.74, 6) is 0.490. The first-order chi connectivity index (χ1) is 6.19. The van der Waals surface area contributed by atoms with E-state index >= 15 is 0 Å². The molecule has 0 fully saturated rings. The number of halogens is 1. The van der Waals surface area contributed by atoms with Gasteiger partial charge in [0.2, 0.25) is 0 Å². The topological polar surface area (TPSA) is 49.7 Å². The van der Waals surface area contributed by atoms with E-state index in [2.05, 4.69) is 15.9 Å². The molecule has 1 aromatic rings. The second-order valence-corrected chi connectivity index (χ2v) is 3.08. The predicted molar refractivity (Wildman–Crippen MR) is 53.6 cm³/mol. The lowest BCUT2D eigenvalue weighted by atomic mass is 10.2. The minimum absolute atomic E-state index is 0.0801. The Hall–Kier alpha value is -0.900. The molecule has 0 aromatic heterocycles. The van der Waals surface area contributed by atoms with Gasteiger partial charge in [-0.3, -0.25) is 0 Å². The normalized spacial score (nSPS) is 10.0. The van der Waals surface area contributed by atoms with Crippen LogP contribution >= 0.6 is 15.9 Å². The summed E-state index contributed by atoms with van der Waals surface area (Å²) in [7, 11) is 0. The Kier molecular flexibility index (Phi) is 3.42. The molecular weight excluding hydrogens is 236 g/mol. The van der Waals surface area contributed by atoms with Gasteiger partial charge in [0.05, 0.1) is 6.61 Å². The summed E-state index contributed by atoms with van der Waals surface area (Å²) in [4.78, 5) is 0. The average molecular weight is 247 g/mol. The summed E-state index contributed by atoms with van der Waals surface area (Å²) in [5.41, 5.74) is 0.614. The smallest absolute Gasteiger partial charge is 0.164 e. The van der Waals surface area contributed by atoms with Gasteiger partial charge in [-0.2, -0.15) is 0 Å². The lowest BCUT2D eigenvalue weighted by Crippen LogP contribution is -1.93. The van der Waals surface area contributed by atoms with Crippen molar-refractivity contribution in [1.82, 2.24) is 0 Å². The van der Waals surface area contributed by atoms with Crippen molar-refractivity contribution in [3.05, 3.63) is 17.7 Å². The number of ether oxygens (including phenoxy) is 1. The van der Waals surface area contributed by atoms with Crippen LogP contribution in [0.4, 0.5) is 0 Å². The highest BCUT2D eigenvalue weighted by Crippen LogP contribution is 2.35. The van der Waals surface area contributed by atoms with Gasteiger partial charge in [-0.25, -0.2) is 0 Å². The summed E-state index contributed by atoms with van der Waals surface area (Å²) < 4.78 is 5.13. The van der Waals surface area contributed by atoms with Crippen LogP contribution in [0.3, 0.4) is 0 Å². The maximum absolute atomic E-state index is 9.58. The molecule has 0 saturated carbocycles. The molecule has 0 aliphatic heterocycles. The van der Waals surface area contributed by atoms with Crippen molar-refractivity contribution in [1.29, 1.82) is 0 Å².